The van der Waals surface area contributed by atoms with Gasteiger partial charge in [0.15, 0.2) is 6.29 Å². The average Bonchev–Trinajstić information content (AvgIpc) is 2.03. The van der Waals surface area contributed by atoms with Gasteiger partial charge in [-0.15, -0.1) is 0 Å². The van der Waals surface area contributed by atoms with Gasteiger partial charge in [-0.1, -0.05) is 20.3 Å². The Balaban J connectivity index is 2.37. The molecule has 0 spiro atoms. The molecule has 0 amide bonds. The molecule has 0 saturated carbocycles. The predicted molar refractivity (Wildman–Crippen MR) is 44.2 cm³/mol. The first-order valence-corrected chi connectivity index (χ1v) is 4.59. The Morgan fingerprint density at radius 3 is 2.55 bits per heavy atom. The molecular weight excluding hydrogens is 140 g/mol. The van der Waals surface area contributed by atoms with E-state index < -0.39 is 6.29 Å². The largest absolute Gasteiger partial charge is 0.368 e. The molecule has 11 heavy (non-hydrogen) atoms. The van der Waals surface area contributed by atoms with Crippen molar-refractivity contribution in [2.45, 2.75) is 51.9 Å². The van der Waals surface area contributed by atoms with Gasteiger partial charge in [0.05, 0.1) is 6.10 Å². The minimum Gasteiger partial charge on any atom is -0.368 e. The molecule has 0 aromatic rings. The Labute approximate surface area is 68.6 Å². The van der Waals surface area contributed by atoms with Crippen LogP contribution in [0.1, 0.15) is 39.5 Å². The smallest absolute Gasteiger partial charge is 0.155 e. The van der Waals surface area contributed by atoms with E-state index in [0.717, 1.165) is 25.7 Å². The van der Waals surface area contributed by atoms with E-state index in [-0.39, 0.29) is 0 Å². The lowest BCUT2D eigenvalue weighted by Gasteiger charge is -2.31. The fraction of sp³-hybridized carbons (Fsp3) is 1.00. The fourth-order valence-corrected chi connectivity index (χ4v) is 1.68. The second-order valence-corrected chi connectivity index (χ2v) is 3.37. The van der Waals surface area contributed by atoms with Crippen molar-refractivity contribution in [1.29, 1.82) is 0 Å². The molecule has 2 nitrogen and oxygen atoms in total. The van der Waals surface area contributed by atoms with Crippen LogP contribution in [0, 0.1) is 5.92 Å². The van der Waals surface area contributed by atoms with Gasteiger partial charge in [-0.2, -0.15) is 0 Å². The van der Waals surface area contributed by atoms with E-state index in [9.17, 15) is 5.11 Å². The zero-order chi connectivity index (χ0) is 8.27. The zero-order valence-corrected chi connectivity index (χ0v) is 7.42. The molecule has 1 aliphatic heterocycles. The van der Waals surface area contributed by atoms with Crippen molar-refractivity contribution in [3.63, 3.8) is 0 Å². The fourth-order valence-electron chi connectivity index (χ4n) is 1.68. The van der Waals surface area contributed by atoms with Gasteiger partial charge in [0.25, 0.3) is 0 Å². The van der Waals surface area contributed by atoms with Crippen LogP contribution in [-0.2, 0) is 4.74 Å². The minimum absolute atomic E-state index is 0.295. The summed E-state index contributed by atoms with van der Waals surface area (Å²) in [7, 11) is 0. The molecule has 0 bridgehead atoms. The van der Waals surface area contributed by atoms with Crippen LogP contribution in [0.25, 0.3) is 0 Å². The first-order chi connectivity index (χ1) is 5.26. The Morgan fingerprint density at radius 1 is 1.27 bits per heavy atom. The van der Waals surface area contributed by atoms with Crippen molar-refractivity contribution in [3.8, 4) is 0 Å². The van der Waals surface area contributed by atoms with Gasteiger partial charge in [0, 0.05) is 6.42 Å². The Bertz CT molecular complexity index is 102. The minimum atomic E-state index is -0.501. The van der Waals surface area contributed by atoms with Gasteiger partial charge in [-0.05, 0) is 18.8 Å². The number of hydrogen-bond donors (Lipinski definition) is 1. The lowest BCUT2D eigenvalue weighted by Crippen LogP contribution is -2.32. The normalized spacial score (nSPS) is 39.0. The van der Waals surface area contributed by atoms with Crippen molar-refractivity contribution in [3.05, 3.63) is 0 Å². The van der Waals surface area contributed by atoms with Crippen molar-refractivity contribution >= 4 is 0 Å². The van der Waals surface area contributed by atoms with Gasteiger partial charge in [0.1, 0.15) is 0 Å². The Kier molecular flexibility index (Phi) is 3.34. The highest BCUT2D eigenvalue weighted by atomic mass is 16.6. The molecule has 0 aromatic heterocycles. The van der Waals surface area contributed by atoms with Gasteiger partial charge < -0.3 is 9.84 Å². The van der Waals surface area contributed by atoms with Crippen molar-refractivity contribution in [1.82, 2.24) is 0 Å². The van der Waals surface area contributed by atoms with Crippen LogP contribution in [0.4, 0.5) is 0 Å². The van der Waals surface area contributed by atoms with Crippen molar-refractivity contribution < 1.29 is 9.84 Å². The molecule has 0 aromatic carbocycles. The molecule has 3 unspecified atom stereocenters. The summed E-state index contributed by atoms with van der Waals surface area (Å²) in [4.78, 5) is 0. The van der Waals surface area contributed by atoms with Crippen LogP contribution in [0.15, 0.2) is 0 Å². The zero-order valence-electron chi connectivity index (χ0n) is 7.42. The van der Waals surface area contributed by atoms with Crippen molar-refractivity contribution in [2.75, 3.05) is 0 Å². The van der Waals surface area contributed by atoms with E-state index in [1.165, 1.54) is 0 Å². The third kappa shape index (κ3) is 2.46. The van der Waals surface area contributed by atoms with Crippen LogP contribution < -0.4 is 0 Å². The summed E-state index contributed by atoms with van der Waals surface area (Å²) in [6, 6.07) is 0. The monoisotopic (exact) mass is 158 g/mol. The lowest BCUT2D eigenvalue weighted by atomic mass is 9.91. The lowest BCUT2D eigenvalue weighted by molar-refractivity contribution is -0.177. The molecule has 66 valence electrons. The van der Waals surface area contributed by atoms with Crippen LogP contribution in [0.3, 0.4) is 0 Å². The quantitative estimate of drug-likeness (QED) is 0.665. The topological polar surface area (TPSA) is 29.5 Å². The molecule has 2 heteroatoms. The van der Waals surface area contributed by atoms with Gasteiger partial charge in [-0.25, -0.2) is 0 Å². The van der Waals surface area contributed by atoms with E-state index >= 15 is 0 Å². The van der Waals surface area contributed by atoms with Gasteiger partial charge in [0.2, 0.25) is 0 Å². The molecule has 1 N–H and O–H groups in total. The molecular formula is C9H18O2. The summed E-state index contributed by atoms with van der Waals surface area (Å²) in [6.45, 7) is 4.28. The molecule has 3 atom stereocenters. The number of ether oxygens (including phenoxy) is 1. The number of rotatable bonds is 2. The highest BCUT2D eigenvalue weighted by molar-refractivity contribution is 4.71. The third-order valence-corrected chi connectivity index (χ3v) is 2.51. The standard InChI is InChI=1S/C9H18O2/c1-3-7-5-8(4-2)11-9(10)6-7/h7-10H,3-6H2,1-2H3. The molecule has 0 radical (unpaired) electrons. The van der Waals surface area contributed by atoms with E-state index in [4.69, 9.17) is 4.74 Å². The van der Waals surface area contributed by atoms with Gasteiger partial charge >= 0.3 is 0 Å². The summed E-state index contributed by atoms with van der Waals surface area (Å²) in [6.07, 6.45) is 3.93. The molecule has 1 saturated heterocycles. The van der Waals surface area contributed by atoms with Crippen molar-refractivity contribution in [2.24, 2.45) is 5.92 Å². The first-order valence-electron chi connectivity index (χ1n) is 4.59. The number of aliphatic hydroxyl groups is 1. The average molecular weight is 158 g/mol. The van der Waals surface area contributed by atoms with Crippen LogP contribution in [0.2, 0.25) is 0 Å². The SMILES string of the molecule is CCC1CC(O)OC(CC)C1. The van der Waals surface area contributed by atoms with E-state index in [1.807, 2.05) is 0 Å². The summed E-state index contributed by atoms with van der Waals surface area (Å²) >= 11 is 0. The number of aliphatic hydroxyl groups excluding tert-OH is 1. The summed E-state index contributed by atoms with van der Waals surface area (Å²) in [5.74, 6) is 0.670. The first kappa shape index (κ1) is 9.01. The Hall–Kier alpha value is -0.0800. The van der Waals surface area contributed by atoms with E-state index in [2.05, 4.69) is 13.8 Å². The van der Waals surface area contributed by atoms with Gasteiger partial charge in [-0.3, -0.25) is 0 Å². The number of hydrogen-bond acceptors (Lipinski definition) is 2. The Morgan fingerprint density at radius 2 is 2.00 bits per heavy atom. The molecule has 1 rings (SSSR count). The highest BCUT2D eigenvalue weighted by Crippen LogP contribution is 2.27. The molecule has 1 aliphatic rings. The van der Waals surface area contributed by atoms with E-state index in [1.54, 1.807) is 0 Å². The molecule has 1 fully saturated rings. The highest BCUT2D eigenvalue weighted by Gasteiger charge is 2.25. The van der Waals surface area contributed by atoms with Crippen LogP contribution in [0.5, 0.6) is 0 Å². The second-order valence-electron chi connectivity index (χ2n) is 3.37. The van der Waals surface area contributed by atoms with Crippen LogP contribution >= 0.6 is 0 Å². The van der Waals surface area contributed by atoms with E-state index in [0.29, 0.717) is 12.0 Å². The maximum Gasteiger partial charge on any atom is 0.155 e. The summed E-state index contributed by atoms with van der Waals surface area (Å²) in [5.41, 5.74) is 0. The predicted octanol–water partition coefficient (Wildman–Crippen LogP) is 1.92. The molecule has 1 heterocycles. The summed E-state index contributed by atoms with van der Waals surface area (Å²) in [5, 5.41) is 9.29. The summed E-state index contributed by atoms with van der Waals surface area (Å²) < 4.78 is 5.32. The van der Waals surface area contributed by atoms with Crippen LogP contribution in [-0.4, -0.2) is 17.5 Å². The molecule has 0 aliphatic carbocycles. The maximum absolute atomic E-state index is 9.29. The second kappa shape index (κ2) is 4.07. The maximum atomic E-state index is 9.29. The third-order valence-electron chi connectivity index (χ3n) is 2.51.